The molecule has 0 bridgehead atoms. The number of hydrogen-bond acceptors (Lipinski definition) is 4. The lowest BCUT2D eigenvalue weighted by atomic mass is 9.33. The van der Waals surface area contributed by atoms with Gasteiger partial charge in [0.1, 0.15) is 0 Å². The highest BCUT2D eigenvalue weighted by Gasteiger charge is 2.45. The van der Waals surface area contributed by atoms with Crippen molar-refractivity contribution in [3.8, 4) is 33.4 Å². The molecule has 0 radical (unpaired) electrons. The number of hydrogen-bond donors (Lipinski definition) is 0. The molecule has 1 atom stereocenters. The Hall–Kier alpha value is -8.80. The van der Waals surface area contributed by atoms with Gasteiger partial charge >= 0.3 is 0 Å². The second-order valence-corrected chi connectivity index (χ2v) is 31.5. The minimum atomic E-state index is -0.161. The Morgan fingerprint density at radius 3 is 1.18 bits per heavy atom. The largest absolute Gasteiger partial charge is 0.338 e. The zero-order valence-electron chi connectivity index (χ0n) is 58.1. The van der Waals surface area contributed by atoms with E-state index in [1.807, 2.05) is 0 Å². The molecule has 0 amide bonds. The number of nitrogens with zero attached hydrogens (tertiary/aromatic N) is 4. The minimum Gasteiger partial charge on any atom is -0.338 e. The SMILES string of the molecule is C=CN1c2cc(N(c3ccc(C(C)(C)C)cc3)C(C)C(C)C)ccc2B2c3ccc(N(c4ccc(C(C)(C)C)cc4)c4ccc(C(C)(C)C)cc4)cc3N(c3c(-c4ccc(C(C)(C)C)cc4)cccc3-c3ccc(C(C)(C)C)cc3)c3cc(-c4ccccc4)cc1c32. The Bertz CT molecular complexity index is 4200. The van der Waals surface area contributed by atoms with Crippen molar-refractivity contribution in [1.82, 2.24) is 0 Å². The minimum absolute atomic E-state index is 0.0129. The predicted octanol–water partition coefficient (Wildman–Crippen LogP) is 22.7. The van der Waals surface area contributed by atoms with Crippen molar-refractivity contribution in [3.63, 3.8) is 0 Å². The standard InChI is InChI=1S/C87H95BN4/c1-20-89-77-55-71(90(58(4)57(2)3)68-43-37-65(38-44-68)85(11,12)13)49-51-75(77)88-76-52-50-72(91(69-45-39-66(40-46-69)86(14,15)16)70-47-41-67(42-48-70)87(17,18)19)56-78(76)92(80-54-62(53-79(89)81(80)88)59-25-22-21-23-26-59)82-73(60-29-33-63(34-30-60)83(5,6)7)27-24-28-74(82)61-31-35-64(36-32-61)84(8,9)10/h20-58H,1H2,2-19H3. The lowest BCUT2D eigenvalue weighted by Gasteiger charge is -2.45. The molecule has 0 aliphatic carbocycles. The summed E-state index contributed by atoms with van der Waals surface area (Å²) >= 11 is 0. The van der Waals surface area contributed by atoms with Crippen molar-refractivity contribution in [3.05, 3.63) is 259 Å². The molecule has 2 aliphatic heterocycles. The van der Waals surface area contributed by atoms with Gasteiger partial charge in [-0.1, -0.05) is 270 Å². The first-order valence-corrected chi connectivity index (χ1v) is 33.5. The molecule has 0 N–H and O–H groups in total. The van der Waals surface area contributed by atoms with Crippen LogP contribution in [-0.2, 0) is 27.1 Å². The van der Waals surface area contributed by atoms with E-state index in [9.17, 15) is 0 Å². The number of para-hydroxylation sites is 1. The zero-order valence-corrected chi connectivity index (χ0v) is 58.1. The maximum absolute atomic E-state index is 4.71. The van der Waals surface area contributed by atoms with E-state index >= 15 is 0 Å². The number of anilines is 10. The molecule has 0 saturated carbocycles. The van der Waals surface area contributed by atoms with Gasteiger partial charge in [-0.3, -0.25) is 0 Å². The van der Waals surface area contributed by atoms with E-state index in [2.05, 4.69) is 369 Å². The quantitative estimate of drug-likeness (QED) is 0.113. The van der Waals surface area contributed by atoms with Crippen LogP contribution in [0.5, 0.6) is 0 Å². The third-order valence-electron chi connectivity index (χ3n) is 19.7. The highest BCUT2D eigenvalue weighted by Crippen LogP contribution is 2.52. The van der Waals surface area contributed by atoms with Crippen LogP contribution in [0.2, 0.25) is 0 Å². The third kappa shape index (κ3) is 11.9. The maximum atomic E-state index is 4.71. The van der Waals surface area contributed by atoms with Crippen LogP contribution in [-0.4, -0.2) is 12.8 Å². The molecule has 92 heavy (non-hydrogen) atoms. The average Bonchev–Trinajstić information content (AvgIpc) is 0.698. The van der Waals surface area contributed by atoms with Gasteiger partial charge in [0.25, 0.3) is 6.71 Å². The van der Waals surface area contributed by atoms with E-state index in [4.69, 9.17) is 6.58 Å². The van der Waals surface area contributed by atoms with Crippen LogP contribution >= 0.6 is 0 Å². The fourth-order valence-corrected chi connectivity index (χ4v) is 13.8. The third-order valence-corrected chi connectivity index (χ3v) is 19.7. The van der Waals surface area contributed by atoms with Crippen LogP contribution in [0.4, 0.5) is 56.9 Å². The molecule has 2 aliphatic rings. The second-order valence-electron chi connectivity index (χ2n) is 31.5. The predicted molar refractivity (Wildman–Crippen MR) is 402 cm³/mol. The van der Waals surface area contributed by atoms with Gasteiger partial charge in [0.15, 0.2) is 0 Å². The van der Waals surface area contributed by atoms with Crippen molar-refractivity contribution in [2.45, 2.75) is 158 Å². The van der Waals surface area contributed by atoms with Crippen LogP contribution in [0.25, 0.3) is 33.4 Å². The second kappa shape index (κ2) is 23.7. The Morgan fingerprint density at radius 2 is 0.750 bits per heavy atom. The first-order valence-electron chi connectivity index (χ1n) is 33.5. The normalized spacial score (nSPS) is 13.6. The Labute approximate surface area is 552 Å². The number of rotatable bonds is 12. The number of fused-ring (bicyclic) bond motifs is 4. The summed E-state index contributed by atoms with van der Waals surface area (Å²) in [4.78, 5) is 10.1. The molecule has 10 aromatic carbocycles. The van der Waals surface area contributed by atoms with Crippen molar-refractivity contribution < 1.29 is 0 Å². The molecule has 1 unspecified atom stereocenters. The molecule has 0 aromatic heterocycles. The smallest absolute Gasteiger partial charge is 0.252 e. The summed E-state index contributed by atoms with van der Waals surface area (Å²) in [5.41, 5.74) is 28.3. The van der Waals surface area contributed by atoms with E-state index in [0.29, 0.717) is 5.92 Å². The van der Waals surface area contributed by atoms with Gasteiger partial charge in [0.2, 0.25) is 0 Å². The summed E-state index contributed by atoms with van der Waals surface area (Å²) < 4.78 is 0. The molecule has 10 aromatic rings. The molecular formula is C87H95BN4. The Balaban J connectivity index is 1.19. The number of benzene rings is 10. The van der Waals surface area contributed by atoms with Gasteiger partial charge < -0.3 is 19.6 Å². The molecule has 2 heterocycles. The van der Waals surface area contributed by atoms with E-state index < -0.39 is 0 Å². The summed E-state index contributed by atoms with van der Waals surface area (Å²) in [7, 11) is 0. The molecule has 12 rings (SSSR count). The van der Waals surface area contributed by atoms with Gasteiger partial charge in [-0.25, -0.2) is 0 Å². The molecular weight excluding hydrogens is 1110 g/mol. The van der Waals surface area contributed by atoms with Crippen LogP contribution in [0.15, 0.2) is 231 Å². The highest BCUT2D eigenvalue weighted by molar-refractivity contribution is 7.00. The lowest BCUT2D eigenvalue weighted by Crippen LogP contribution is -2.61. The summed E-state index contributed by atoms with van der Waals surface area (Å²) in [6.07, 6.45) is 2.06. The first kappa shape index (κ1) is 63.4. The Kier molecular flexibility index (Phi) is 16.3. The van der Waals surface area contributed by atoms with E-state index in [1.54, 1.807) is 0 Å². The average molecular weight is 1210 g/mol. The van der Waals surface area contributed by atoms with Crippen molar-refractivity contribution >= 4 is 80.0 Å². The van der Waals surface area contributed by atoms with Gasteiger partial charge in [-0.2, -0.15) is 0 Å². The zero-order chi connectivity index (χ0) is 65.6. The van der Waals surface area contributed by atoms with Gasteiger partial charge in [0, 0.05) is 74.6 Å². The van der Waals surface area contributed by atoms with Crippen LogP contribution in [0.3, 0.4) is 0 Å². The first-order chi connectivity index (χ1) is 43.5. The van der Waals surface area contributed by atoms with E-state index in [0.717, 1.165) is 84.6 Å². The maximum Gasteiger partial charge on any atom is 0.252 e. The van der Waals surface area contributed by atoms with Crippen molar-refractivity contribution in [1.29, 1.82) is 0 Å². The topological polar surface area (TPSA) is 13.0 Å². The summed E-state index contributed by atoms with van der Waals surface area (Å²) in [5.74, 6) is 0.374. The molecule has 0 saturated heterocycles. The van der Waals surface area contributed by atoms with E-state index in [-0.39, 0.29) is 39.8 Å². The van der Waals surface area contributed by atoms with Crippen molar-refractivity contribution in [2.24, 2.45) is 5.92 Å². The Morgan fingerprint density at radius 1 is 0.359 bits per heavy atom. The van der Waals surface area contributed by atoms with Crippen LogP contribution < -0.4 is 36.0 Å². The molecule has 5 heteroatoms. The summed E-state index contributed by atoms with van der Waals surface area (Å²) in [6, 6.07) is 84.3. The van der Waals surface area contributed by atoms with Gasteiger partial charge in [0.05, 0.1) is 5.69 Å². The molecule has 0 fully saturated rings. The highest BCUT2D eigenvalue weighted by atomic mass is 15.2. The van der Waals surface area contributed by atoms with E-state index in [1.165, 1.54) is 49.9 Å². The molecule has 466 valence electrons. The molecule has 0 spiro atoms. The summed E-state index contributed by atoms with van der Waals surface area (Å²) in [5, 5.41) is 0. The fraction of sp³-hybridized carbons (Fsp3) is 0.287. The monoisotopic (exact) mass is 1210 g/mol. The van der Waals surface area contributed by atoms with Crippen LogP contribution in [0, 0.1) is 5.92 Å². The van der Waals surface area contributed by atoms with Gasteiger partial charge in [-0.15, -0.1) is 0 Å². The van der Waals surface area contributed by atoms with Crippen LogP contribution in [0.1, 0.15) is 152 Å². The molecule has 4 nitrogen and oxygen atoms in total. The lowest BCUT2D eigenvalue weighted by molar-refractivity contribution is 0.518. The summed E-state index contributed by atoms with van der Waals surface area (Å²) in [6.45, 7) is 46.1. The fourth-order valence-electron chi connectivity index (χ4n) is 13.8. The van der Waals surface area contributed by atoms with Crippen molar-refractivity contribution in [2.75, 3.05) is 19.6 Å². The van der Waals surface area contributed by atoms with Gasteiger partial charge in [-0.05, 0) is 179 Å².